The molecular formula is C15H23ClN2O2. The van der Waals surface area contributed by atoms with Crippen LogP contribution in [-0.4, -0.2) is 32.2 Å². The zero-order valence-electron chi connectivity index (χ0n) is 11.6. The van der Waals surface area contributed by atoms with Gasteiger partial charge in [-0.2, -0.15) is 0 Å². The van der Waals surface area contributed by atoms with E-state index in [4.69, 9.17) is 4.74 Å². The highest BCUT2D eigenvalue weighted by atomic mass is 35.5. The van der Waals surface area contributed by atoms with Crippen molar-refractivity contribution in [2.45, 2.75) is 19.3 Å². The van der Waals surface area contributed by atoms with Gasteiger partial charge in [-0.05, 0) is 37.3 Å². The van der Waals surface area contributed by atoms with E-state index >= 15 is 0 Å². The second kappa shape index (κ2) is 9.61. The van der Waals surface area contributed by atoms with Gasteiger partial charge in [0.25, 0.3) is 0 Å². The molecule has 112 valence electrons. The van der Waals surface area contributed by atoms with E-state index in [1.807, 2.05) is 30.3 Å². The van der Waals surface area contributed by atoms with Crippen LogP contribution in [0.15, 0.2) is 30.3 Å². The van der Waals surface area contributed by atoms with Gasteiger partial charge in [-0.15, -0.1) is 12.4 Å². The fourth-order valence-corrected chi connectivity index (χ4v) is 2.25. The quantitative estimate of drug-likeness (QED) is 0.848. The Morgan fingerprint density at radius 1 is 1.20 bits per heavy atom. The van der Waals surface area contributed by atoms with Gasteiger partial charge < -0.3 is 15.4 Å². The number of ether oxygens (including phenoxy) is 1. The lowest BCUT2D eigenvalue weighted by Crippen LogP contribution is -2.32. The molecule has 0 radical (unpaired) electrons. The van der Waals surface area contributed by atoms with E-state index in [0.717, 1.165) is 44.7 Å². The molecule has 1 fully saturated rings. The third-order valence-corrected chi connectivity index (χ3v) is 3.44. The molecule has 0 aliphatic carbocycles. The first-order valence-electron chi connectivity index (χ1n) is 6.98. The number of rotatable bonds is 6. The second-order valence-electron chi connectivity index (χ2n) is 4.91. The average molecular weight is 299 g/mol. The molecule has 1 amide bonds. The fourth-order valence-electron chi connectivity index (χ4n) is 2.25. The van der Waals surface area contributed by atoms with E-state index < -0.39 is 0 Å². The van der Waals surface area contributed by atoms with Crippen molar-refractivity contribution in [3.05, 3.63) is 30.3 Å². The van der Waals surface area contributed by atoms with Crippen molar-refractivity contribution in [1.82, 2.24) is 5.32 Å². The number of nitrogens with one attached hydrogen (secondary N) is 2. The highest BCUT2D eigenvalue weighted by molar-refractivity contribution is 5.85. The Kier molecular flexibility index (Phi) is 8.07. The molecule has 2 rings (SSSR count). The maximum Gasteiger partial charge on any atom is 0.239 e. The number of para-hydroxylation sites is 1. The van der Waals surface area contributed by atoms with Crippen molar-refractivity contribution in [2.75, 3.05) is 31.6 Å². The fraction of sp³-hybridized carbons (Fsp3) is 0.533. The smallest absolute Gasteiger partial charge is 0.239 e. The summed E-state index contributed by atoms with van der Waals surface area (Å²) in [5.41, 5.74) is 0.974. The lowest BCUT2D eigenvalue weighted by molar-refractivity contribution is -0.119. The van der Waals surface area contributed by atoms with Gasteiger partial charge >= 0.3 is 0 Å². The standard InChI is InChI=1S/C15H22N2O2.ClH/c18-15(12-17-14-4-2-1-3-5-14)16-9-6-13-7-10-19-11-8-13;/h1-5,13,17H,6-12H2,(H,16,18);1H. The van der Waals surface area contributed by atoms with Gasteiger partial charge in [-0.1, -0.05) is 18.2 Å². The molecule has 5 heteroatoms. The lowest BCUT2D eigenvalue weighted by Gasteiger charge is -2.21. The summed E-state index contributed by atoms with van der Waals surface area (Å²) < 4.78 is 5.32. The summed E-state index contributed by atoms with van der Waals surface area (Å²) in [7, 11) is 0. The number of hydrogen-bond acceptors (Lipinski definition) is 3. The predicted molar refractivity (Wildman–Crippen MR) is 83.3 cm³/mol. The molecule has 0 bridgehead atoms. The Morgan fingerprint density at radius 3 is 2.60 bits per heavy atom. The Hall–Kier alpha value is -1.26. The first-order chi connectivity index (χ1) is 9.34. The van der Waals surface area contributed by atoms with E-state index in [1.54, 1.807) is 0 Å². The van der Waals surface area contributed by atoms with Crippen LogP contribution in [0.5, 0.6) is 0 Å². The van der Waals surface area contributed by atoms with Crippen LogP contribution in [0.3, 0.4) is 0 Å². The molecule has 1 aliphatic rings. The number of carbonyl (C=O) groups is 1. The Bertz CT molecular complexity index is 381. The summed E-state index contributed by atoms with van der Waals surface area (Å²) in [5.74, 6) is 0.757. The van der Waals surface area contributed by atoms with Gasteiger partial charge in [0.15, 0.2) is 0 Å². The largest absolute Gasteiger partial charge is 0.381 e. The van der Waals surface area contributed by atoms with Crippen LogP contribution < -0.4 is 10.6 Å². The highest BCUT2D eigenvalue weighted by Gasteiger charge is 2.13. The van der Waals surface area contributed by atoms with Gasteiger partial charge in [0.1, 0.15) is 0 Å². The van der Waals surface area contributed by atoms with Crippen LogP contribution in [0.4, 0.5) is 5.69 Å². The molecule has 2 N–H and O–H groups in total. The van der Waals surface area contributed by atoms with Gasteiger partial charge in [0, 0.05) is 25.4 Å². The molecule has 0 spiro atoms. The minimum Gasteiger partial charge on any atom is -0.381 e. The maximum absolute atomic E-state index is 11.7. The van der Waals surface area contributed by atoms with Crippen molar-refractivity contribution in [3.63, 3.8) is 0 Å². The molecule has 1 aliphatic heterocycles. The number of carbonyl (C=O) groups excluding carboxylic acids is 1. The van der Waals surface area contributed by atoms with Crippen molar-refractivity contribution >= 4 is 24.0 Å². The van der Waals surface area contributed by atoms with E-state index in [-0.39, 0.29) is 18.3 Å². The number of amides is 1. The molecule has 1 aromatic rings. The third-order valence-electron chi connectivity index (χ3n) is 3.44. The van der Waals surface area contributed by atoms with Crippen LogP contribution in [0.25, 0.3) is 0 Å². The van der Waals surface area contributed by atoms with Crippen molar-refractivity contribution in [2.24, 2.45) is 5.92 Å². The van der Waals surface area contributed by atoms with E-state index in [0.29, 0.717) is 12.5 Å². The van der Waals surface area contributed by atoms with Crippen LogP contribution in [-0.2, 0) is 9.53 Å². The summed E-state index contributed by atoms with van der Waals surface area (Å²) in [5, 5.41) is 6.06. The minimum absolute atomic E-state index is 0. The zero-order chi connectivity index (χ0) is 13.3. The maximum atomic E-state index is 11.7. The molecule has 1 saturated heterocycles. The summed E-state index contributed by atoms with van der Waals surface area (Å²) in [6, 6.07) is 9.76. The second-order valence-corrected chi connectivity index (χ2v) is 4.91. The van der Waals surface area contributed by atoms with Crippen LogP contribution >= 0.6 is 12.4 Å². The Balaban J connectivity index is 0.00000200. The summed E-state index contributed by atoms with van der Waals surface area (Å²) >= 11 is 0. The van der Waals surface area contributed by atoms with Gasteiger partial charge in [0.05, 0.1) is 6.54 Å². The van der Waals surface area contributed by atoms with Gasteiger partial charge in [-0.3, -0.25) is 4.79 Å². The van der Waals surface area contributed by atoms with Gasteiger partial charge in [0.2, 0.25) is 5.91 Å². The minimum atomic E-state index is 0. The van der Waals surface area contributed by atoms with Gasteiger partial charge in [-0.25, -0.2) is 0 Å². The average Bonchev–Trinajstić information content (AvgIpc) is 2.47. The molecule has 0 unspecified atom stereocenters. The monoisotopic (exact) mass is 298 g/mol. The van der Waals surface area contributed by atoms with Crippen LogP contribution in [0.2, 0.25) is 0 Å². The van der Waals surface area contributed by atoms with E-state index in [2.05, 4.69) is 10.6 Å². The topological polar surface area (TPSA) is 50.4 Å². The molecule has 20 heavy (non-hydrogen) atoms. The number of halogens is 1. The first kappa shape index (κ1) is 16.8. The Morgan fingerprint density at radius 2 is 1.90 bits per heavy atom. The highest BCUT2D eigenvalue weighted by Crippen LogP contribution is 2.17. The normalized spacial score (nSPS) is 15.2. The molecule has 0 atom stereocenters. The molecule has 0 aromatic heterocycles. The zero-order valence-corrected chi connectivity index (χ0v) is 12.5. The van der Waals surface area contributed by atoms with Crippen LogP contribution in [0.1, 0.15) is 19.3 Å². The molecule has 1 heterocycles. The lowest BCUT2D eigenvalue weighted by atomic mass is 9.97. The predicted octanol–water partition coefficient (Wildman–Crippen LogP) is 2.45. The molecule has 1 aromatic carbocycles. The molecular weight excluding hydrogens is 276 g/mol. The summed E-state index contributed by atoms with van der Waals surface area (Å²) in [6.07, 6.45) is 3.30. The summed E-state index contributed by atoms with van der Waals surface area (Å²) in [4.78, 5) is 11.7. The Labute approximate surface area is 126 Å². The first-order valence-corrected chi connectivity index (χ1v) is 6.98. The molecule has 4 nitrogen and oxygen atoms in total. The van der Waals surface area contributed by atoms with Crippen molar-refractivity contribution < 1.29 is 9.53 Å². The number of anilines is 1. The third kappa shape index (κ3) is 6.26. The SMILES string of the molecule is Cl.O=C(CNc1ccccc1)NCCC1CCOCC1. The number of benzene rings is 1. The summed E-state index contributed by atoms with van der Waals surface area (Å²) in [6.45, 7) is 2.83. The van der Waals surface area contributed by atoms with Crippen LogP contribution in [0, 0.1) is 5.92 Å². The van der Waals surface area contributed by atoms with Crippen molar-refractivity contribution in [1.29, 1.82) is 0 Å². The van der Waals surface area contributed by atoms with E-state index in [1.165, 1.54) is 0 Å². The number of hydrogen-bond donors (Lipinski definition) is 2. The van der Waals surface area contributed by atoms with E-state index in [9.17, 15) is 4.79 Å². The van der Waals surface area contributed by atoms with Crippen molar-refractivity contribution in [3.8, 4) is 0 Å². The molecule has 0 saturated carbocycles.